The maximum Gasteiger partial charge on any atom is 0.212 e. The Balaban J connectivity index is 1.36. The van der Waals surface area contributed by atoms with E-state index in [9.17, 15) is 5.26 Å². The molecule has 1 aromatic rings. The summed E-state index contributed by atoms with van der Waals surface area (Å²) in [5.41, 5.74) is 6.60. The Kier molecular flexibility index (Phi) is 5.61. The Bertz CT molecular complexity index is 1050. The second-order valence-corrected chi connectivity index (χ2v) is 9.11. The molecule has 0 atom stereocenters. The molecule has 0 amide bonds. The Hall–Kier alpha value is -2.18. The van der Waals surface area contributed by atoms with Crippen LogP contribution in [0.2, 0.25) is 0 Å². The molecule has 0 bridgehead atoms. The van der Waals surface area contributed by atoms with E-state index in [1.165, 1.54) is 23.1 Å². The Morgan fingerprint density at radius 3 is 2.47 bits per heavy atom. The van der Waals surface area contributed by atoms with Crippen LogP contribution in [0.15, 0.2) is 30.3 Å². The largest absolute Gasteiger partial charge is 0.299 e. The highest BCUT2D eigenvalue weighted by molar-refractivity contribution is 14.1. The molecular weight excluding hydrogens is 487 g/mol. The third-order valence-electron chi connectivity index (χ3n) is 6.39. The fourth-order valence-electron chi connectivity index (χ4n) is 4.82. The average molecular weight is 512 g/mol. The van der Waals surface area contributed by atoms with Crippen molar-refractivity contribution in [2.75, 3.05) is 37.7 Å². The van der Waals surface area contributed by atoms with Crippen LogP contribution < -0.4 is 5.01 Å². The lowest BCUT2D eigenvalue weighted by molar-refractivity contribution is 0.237. The van der Waals surface area contributed by atoms with Gasteiger partial charge < -0.3 is 0 Å². The van der Waals surface area contributed by atoms with Gasteiger partial charge in [0.2, 0.25) is 3.83 Å². The molecular formula is C23H25IN6. The van der Waals surface area contributed by atoms with Gasteiger partial charge in [-0.2, -0.15) is 10.1 Å². The Morgan fingerprint density at radius 1 is 1.00 bits per heavy atom. The molecule has 2 aliphatic heterocycles. The Labute approximate surface area is 190 Å². The van der Waals surface area contributed by atoms with E-state index >= 15 is 0 Å². The molecule has 0 aromatic heterocycles. The highest BCUT2D eigenvalue weighted by Gasteiger charge is 2.32. The molecule has 0 saturated carbocycles. The molecule has 0 N–H and O–H groups in total. The van der Waals surface area contributed by atoms with E-state index in [-0.39, 0.29) is 0 Å². The van der Waals surface area contributed by atoms with E-state index in [1.54, 1.807) is 0 Å². The van der Waals surface area contributed by atoms with Crippen LogP contribution in [0.4, 0.5) is 0 Å². The minimum atomic E-state index is 0.699. The first-order valence-electron chi connectivity index (χ1n) is 10.8. The smallest absolute Gasteiger partial charge is 0.212 e. The normalized spacial score (nSPS) is 17.1. The molecule has 1 aromatic carbocycles. The third-order valence-corrected chi connectivity index (χ3v) is 6.84. The summed E-state index contributed by atoms with van der Waals surface area (Å²) in [7, 11) is 0. The molecule has 30 heavy (non-hydrogen) atoms. The van der Waals surface area contributed by atoms with E-state index in [4.69, 9.17) is 5.10 Å². The van der Waals surface area contributed by atoms with Crippen LogP contribution in [0.3, 0.4) is 0 Å². The number of rotatable bonds is 4. The summed E-state index contributed by atoms with van der Waals surface area (Å²) in [6.07, 6.45) is 5.43. The van der Waals surface area contributed by atoms with Crippen LogP contribution in [0.5, 0.6) is 0 Å². The average Bonchev–Trinajstić information content (AvgIpc) is 3.11. The van der Waals surface area contributed by atoms with Gasteiger partial charge in [-0.15, -0.1) is 5.10 Å². The summed E-state index contributed by atoms with van der Waals surface area (Å²) in [5, 5.41) is 16.9. The molecule has 1 fully saturated rings. The van der Waals surface area contributed by atoms with Gasteiger partial charge in [0.25, 0.3) is 0 Å². The van der Waals surface area contributed by atoms with Crippen molar-refractivity contribution in [2.45, 2.75) is 32.1 Å². The molecule has 2 heterocycles. The van der Waals surface area contributed by atoms with E-state index < -0.39 is 0 Å². The molecule has 6 nitrogen and oxygen atoms in total. The number of nitrogens with zero attached hydrogens (tertiary/aromatic N) is 6. The van der Waals surface area contributed by atoms with Crippen LogP contribution in [-0.2, 0) is 19.3 Å². The summed E-state index contributed by atoms with van der Waals surface area (Å²) < 4.78 is 0.699. The molecule has 0 spiro atoms. The van der Waals surface area contributed by atoms with Crippen LogP contribution in [0.1, 0.15) is 35.1 Å². The van der Waals surface area contributed by atoms with Crippen LogP contribution in [-0.4, -0.2) is 52.5 Å². The topological polar surface area (TPSA) is 61.0 Å². The quantitative estimate of drug-likeness (QED) is 0.503. The van der Waals surface area contributed by atoms with Crippen molar-refractivity contribution < 1.29 is 0 Å². The lowest BCUT2D eigenvalue weighted by atomic mass is 9.94. The highest BCUT2D eigenvalue weighted by atomic mass is 127. The third kappa shape index (κ3) is 3.67. The number of aromatic nitrogens is 3. The summed E-state index contributed by atoms with van der Waals surface area (Å²) in [6.45, 7) is 5.00. The lowest BCUT2D eigenvalue weighted by Crippen LogP contribution is -2.52. The predicted molar refractivity (Wildman–Crippen MR) is 125 cm³/mol. The van der Waals surface area contributed by atoms with Crippen molar-refractivity contribution in [3.8, 4) is 17.5 Å². The van der Waals surface area contributed by atoms with Gasteiger partial charge in [0.05, 0.1) is 5.56 Å². The standard InChI is InChI=1S/C23H25IN6/c24-23-26-21-20(16-25)18-8-4-5-9-19(18)22(21)30(27-23)29-14-12-28(13-15-29)11-10-17-6-2-1-3-7-17/h1-3,6-7H,4-5,8-15H2. The second kappa shape index (κ2) is 8.52. The molecule has 0 radical (unpaired) electrons. The number of benzene rings is 1. The summed E-state index contributed by atoms with van der Waals surface area (Å²) in [6, 6.07) is 13.2. The number of nitriles is 1. The number of fused-ring (bicyclic) bond motifs is 3. The van der Waals surface area contributed by atoms with Crippen molar-refractivity contribution >= 4 is 22.6 Å². The number of hydrogen-bond acceptors (Lipinski definition) is 5. The van der Waals surface area contributed by atoms with E-state index in [0.29, 0.717) is 3.83 Å². The van der Waals surface area contributed by atoms with Crippen molar-refractivity contribution in [1.29, 1.82) is 5.26 Å². The van der Waals surface area contributed by atoms with E-state index in [0.717, 1.165) is 75.4 Å². The van der Waals surface area contributed by atoms with E-state index in [2.05, 4.69) is 78.7 Å². The van der Waals surface area contributed by atoms with Gasteiger partial charge in [0, 0.05) is 55.3 Å². The molecule has 4 aliphatic rings. The zero-order valence-electron chi connectivity index (χ0n) is 17.0. The predicted octanol–water partition coefficient (Wildman–Crippen LogP) is 3.23. The van der Waals surface area contributed by atoms with Crippen LogP contribution >= 0.6 is 22.6 Å². The van der Waals surface area contributed by atoms with Gasteiger partial charge in [-0.05, 0) is 48.8 Å². The maximum absolute atomic E-state index is 9.82. The fraction of sp³-hybridized carbons (Fsp3) is 0.435. The number of piperazine rings is 1. The van der Waals surface area contributed by atoms with Gasteiger partial charge in [-0.3, -0.25) is 9.91 Å². The van der Waals surface area contributed by atoms with Crippen LogP contribution in [0, 0.1) is 15.2 Å². The lowest BCUT2D eigenvalue weighted by Gasteiger charge is -2.37. The van der Waals surface area contributed by atoms with Gasteiger partial charge in [0.1, 0.15) is 17.5 Å². The van der Waals surface area contributed by atoms with Gasteiger partial charge >= 0.3 is 0 Å². The number of halogens is 1. The minimum absolute atomic E-state index is 0.699. The van der Waals surface area contributed by atoms with Crippen LogP contribution in [0.25, 0.3) is 11.4 Å². The molecule has 5 rings (SSSR count). The van der Waals surface area contributed by atoms with Gasteiger partial charge in [-0.1, -0.05) is 30.3 Å². The van der Waals surface area contributed by atoms with Crippen molar-refractivity contribution in [3.63, 3.8) is 0 Å². The van der Waals surface area contributed by atoms with Crippen molar-refractivity contribution in [3.05, 3.63) is 56.4 Å². The molecule has 0 unspecified atom stereocenters. The number of hydrogen-bond donors (Lipinski definition) is 0. The zero-order chi connectivity index (χ0) is 20.5. The zero-order valence-corrected chi connectivity index (χ0v) is 19.2. The van der Waals surface area contributed by atoms with Crippen molar-refractivity contribution in [1.82, 2.24) is 19.8 Å². The minimum Gasteiger partial charge on any atom is -0.299 e. The SMILES string of the molecule is N#Cc1c2nc(I)nn(N3CCN(CCc4ccccc4)CC3)c-2c2c1CCCC2. The fourth-order valence-corrected chi connectivity index (χ4v) is 5.27. The second-order valence-electron chi connectivity index (χ2n) is 8.15. The highest BCUT2D eigenvalue weighted by Crippen LogP contribution is 2.39. The van der Waals surface area contributed by atoms with Gasteiger partial charge in [-0.25, -0.2) is 4.98 Å². The summed E-state index contributed by atoms with van der Waals surface area (Å²) in [5.74, 6) is 0. The molecule has 1 saturated heterocycles. The first-order valence-corrected chi connectivity index (χ1v) is 11.8. The molecule has 154 valence electrons. The molecule has 7 heteroatoms. The van der Waals surface area contributed by atoms with Crippen molar-refractivity contribution in [2.24, 2.45) is 0 Å². The monoisotopic (exact) mass is 512 g/mol. The summed E-state index contributed by atoms with van der Waals surface area (Å²) >= 11 is 2.18. The van der Waals surface area contributed by atoms with Gasteiger partial charge in [0.15, 0.2) is 0 Å². The van der Waals surface area contributed by atoms with E-state index in [1.807, 2.05) is 0 Å². The maximum atomic E-state index is 9.82. The first kappa shape index (κ1) is 19.8. The summed E-state index contributed by atoms with van der Waals surface area (Å²) in [4.78, 5) is 9.29. The molecule has 2 aliphatic carbocycles. The Morgan fingerprint density at radius 2 is 1.73 bits per heavy atom. The first-order chi connectivity index (χ1) is 14.7.